The lowest BCUT2D eigenvalue weighted by Crippen LogP contribution is -2.54. The molecule has 170 valence electrons. The molecule has 0 radical (unpaired) electrons. The Kier molecular flexibility index (Phi) is 6.77. The van der Waals surface area contributed by atoms with Crippen molar-refractivity contribution in [3.05, 3.63) is 0 Å². The Morgan fingerprint density at radius 2 is 1.90 bits per heavy atom. The fourth-order valence-corrected chi connectivity index (χ4v) is 5.76. The zero-order valence-electron chi connectivity index (χ0n) is 19.1. The second-order valence-corrected chi connectivity index (χ2v) is 10.5. The summed E-state index contributed by atoms with van der Waals surface area (Å²) in [7, 11) is 0. The first kappa shape index (κ1) is 23.0. The van der Waals surface area contributed by atoms with Crippen molar-refractivity contribution in [3.8, 4) is 0 Å². The summed E-state index contributed by atoms with van der Waals surface area (Å²) in [6, 6.07) is -0.249. The number of imide groups is 1. The van der Waals surface area contributed by atoms with Crippen molar-refractivity contribution >= 4 is 17.8 Å². The average Bonchev–Trinajstić information content (AvgIpc) is 2.84. The van der Waals surface area contributed by atoms with Gasteiger partial charge in [-0.15, -0.1) is 0 Å². The van der Waals surface area contributed by atoms with E-state index < -0.39 is 11.6 Å². The molecule has 3 unspecified atom stereocenters. The highest BCUT2D eigenvalue weighted by molar-refractivity contribution is 6.09. The van der Waals surface area contributed by atoms with Crippen molar-refractivity contribution in [2.75, 3.05) is 39.4 Å². The Morgan fingerprint density at radius 1 is 1.23 bits per heavy atom. The molecule has 3 rings (SSSR count). The molecule has 1 aliphatic carbocycles. The third kappa shape index (κ3) is 4.97. The molecule has 0 aromatic heterocycles. The predicted molar refractivity (Wildman–Crippen MR) is 114 cm³/mol. The molecule has 3 atom stereocenters. The molecule has 2 aliphatic heterocycles. The molecule has 0 aromatic carbocycles. The predicted octanol–water partition coefficient (Wildman–Crippen LogP) is 1.60. The number of hydrogen-bond donors (Lipinski definition) is 2. The van der Waals surface area contributed by atoms with Crippen LogP contribution in [0.5, 0.6) is 0 Å². The molecule has 2 heterocycles. The summed E-state index contributed by atoms with van der Waals surface area (Å²) in [6.07, 6.45) is 2.27. The van der Waals surface area contributed by atoms with Crippen LogP contribution in [0.3, 0.4) is 0 Å². The molecule has 2 N–H and O–H groups in total. The van der Waals surface area contributed by atoms with E-state index in [0.717, 1.165) is 24.4 Å². The highest BCUT2D eigenvalue weighted by Gasteiger charge is 2.56. The molecule has 0 bridgehead atoms. The minimum atomic E-state index is -0.868. The Hall–Kier alpha value is -1.67. The maximum atomic E-state index is 13.2. The minimum absolute atomic E-state index is 0.0263. The number of ether oxygens (including phenoxy) is 1. The SMILES string of the molecule is CC1CC(C)(C)CC2(C1)NC(=O)N(CC(=O)NCC(C(C)C)N1CCOCC1)C2=O. The molecule has 3 aliphatic rings. The Morgan fingerprint density at radius 3 is 2.50 bits per heavy atom. The van der Waals surface area contributed by atoms with Gasteiger partial charge in [0, 0.05) is 25.7 Å². The first-order valence-electron chi connectivity index (χ1n) is 11.3. The van der Waals surface area contributed by atoms with E-state index in [1.807, 2.05) is 0 Å². The van der Waals surface area contributed by atoms with Crippen LogP contribution < -0.4 is 10.6 Å². The topological polar surface area (TPSA) is 91.0 Å². The number of rotatable bonds is 6. The lowest BCUT2D eigenvalue weighted by molar-refractivity contribution is -0.137. The van der Waals surface area contributed by atoms with E-state index in [1.165, 1.54) is 0 Å². The van der Waals surface area contributed by atoms with Gasteiger partial charge in [0.1, 0.15) is 12.1 Å². The first-order valence-corrected chi connectivity index (χ1v) is 11.3. The van der Waals surface area contributed by atoms with E-state index in [4.69, 9.17) is 4.74 Å². The van der Waals surface area contributed by atoms with Crippen molar-refractivity contribution in [3.63, 3.8) is 0 Å². The van der Waals surface area contributed by atoms with Crippen LogP contribution in [0.4, 0.5) is 4.79 Å². The number of hydrogen-bond acceptors (Lipinski definition) is 5. The van der Waals surface area contributed by atoms with Gasteiger partial charge in [-0.1, -0.05) is 34.6 Å². The van der Waals surface area contributed by atoms with Crippen molar-refractivity contribution < 1.29 is 19.1 Å². The van der Waals surface area contributed by atoms with Gasteiger partial charge in [0.2, 0.25) is 5.91 Å². The summed E-state index contributed by atoms with van der Waals surface area (Å²) >= 11 is 0. The van der Waals surface area contributed by atoms with Gasteiger partial charge in [-0.25, -0.2) is 4.79 Å². The van der Waals surface area contributed by atoms with Gasteiger partial charge in [-0.05, 0) is 36.5 Å². The molecule has 4 amide bonds. The van der Waals surface area contributed by atoms with Crippen LogP contribution in [0, 0.1) is 17.3 Å². The standard InChI is InChI=1S/C22H38N4O4/c1-15(2)17(25-6-8-30-9-7-25)12-23-18(27)13-26-19(28)22(24-20(26)29)11-16(3)10-21(4,5)14-22/h15-17H,6-14H2,1-5H3,(H,23,27)(H,24,29). The summed E-state index contributed by atoms with van der Waals surface area (Å²) in [4.78, 5) is 41.9. The number of nitrogens with zero attached hydrogens (tertiary/aromatic N) is 2. The normalized spacial score (nSPS) is 30.6. The highest BCUT2D eigenvalue weighted by Crippen LogP contribution is 2.46. The number of carbonyl (C=O) groups is 3. The van der Waals surface area contributed by atoms with Crippen molar-refractivity contribution in [2.45, 2.75) is 65.5 Å². The fraction of sp³-hybridized carbons (Fsp3) is 0.864. The van der Waals surface area contributed by atoms with Crippen molar-refractivity contribution in [2.24, 2.45) is 17.3 Å². The quantitative estimate of drug-likeness (QED) is 0.635. The smallest absolute Gasteiger partial charge is 0.325 e. The van der Waals surface area contributed by atoms with E-state index in [-0.39, 0.29) is 29.8 Å². The molecule has 8 nitrogen and oxygen atoms in total. The summed E-state index contributed by atoms with van der Waals surface area (Å²) in [6.45, 7) is 14.0. The van der Waals surface area contributed by atoms with E-state index in [0.29, 0.717) is 44.4 Å². The lowest BCUT2D eigenvalue weighted by atomic mass is 9.64. The Balaban J connectivity index is 1.59. The largest absolute Gasteiger partial charge is 0.379 e. The van der Waals surface area contributed by atoms with Crippen LogP contribution >= 0.6 is 0 Å². The number of amides is 4. The minimum Gasteiger partial charge on any atom is -0.379 e. The molecular weight excluding hydrogens is 384 g/mol. The summed E-state index contributed by atoms with van der Waals surface area (Å²) in [5, 5.41) is 5.88. The van der Waals surface area contributed by atoms with E-state index in [9.17, 15) is 14.4 Å². The van der Waals surface area contributed by atoms with Gasteiger partial charge in [0.05, 0.1) is 13.2 Å². The van der Waals surface area contributed by atoms with Gasteiger partial charge in [0.15, 0.2) is 0 Å². The molecule has 0 aromatic rings. The molecule has 2 saturated heterocycles. The van der Waals surface area contributed by atoms with Crippen molar-refractivity contribution in [1.82, 2.24) is 20.4 Å². The third-order valence-corrected chi connectivity index (χ3v) is 6.72. The molecule has 8 heteroatoms. The second-order valence-electron chi connectivity index (χ2n) is 10.5. The van der Waals surface area contributed by atoms with E-state index >= 15 is 0 Å². The van der Waals surface area contributed by atoms with Crippen LogP contribution in [0.25, 0.3) is 0 Å². The third-order valence-electron chi connectivity index (χ3n) is 6.72. The Labute approximate surface area is 180 Å². The van der Waals surface area contributed by atoms with E-state index in [2.05, 4.69) is 50.2 Å². The molecule has 3 fully saturated rings. The zero-order valence-corrected chi connectivity index (χ0v) is 19.1. The van der Waals surface area contributed by atoms with Gasteiger partial charge in [-0.2, -0.15) is 0 Å². The number of urea groups is 1. The van der Waals surface area contributed by atoms with Gasteiger partial charge in [0.25, 0.3) is 5.91 Å². The summed E-state index contributed by atoms with van der Waals surface area (Å²) in [5.74, 6) is 0.162. The maximum absolute atomic E-state index is 13.2. The summed E-state index contributed by atoms with van der Waals surface area (Å²) in [5.41, 5.74) is -0.895. The van der Waals surface area contributed by atoms with Crippen molar-refractivity contribution in [1.29, 1.82) is 0 Å². The second kappa shape index (κ2) is 8.83. The monoisotopic (exact) mass is 422 g/mol. The van der Waals surface area contributed by atoms with Crippen LogP contribution in [-0.4, -0.2) is 78.6 Å². The van der Waals surface area contributed by atoms with Crippen LogP contribution in [0.1, 0.15) is 53.9 Å². The number of carbonyl (C=O) groups excluding carboxylic acids is 3. The molecular formula is C22H38N4O4. The van der Waals surface area contributed by atoms with Gasteiger partial charge in [-0.3, -0.25) is 19.4 Å². The molecule has 30 heavy (non-hydrogen) atoms. The first-order chi connectivity index (χ1) is 14.0. The highest BCUT2D eigenvalue weighted by atomic mass is 16.5. The number of morpholine rings is 1. The van der Waals surface area contributed by atoms with Gasteiger partial charge < -0.3 is 15.4 Å². The van der Waals surface area contributed by atoms with Gasteiger partial charge >= 0.3 is 6.03 Å². The van der Waals surface area contributed by atoms with Crippen LogP contribution in [0.15, 0.2) is 0 Å². The number of nitrogens with one attached hydrogen (secondary N) is 2. The fourth-order valence-electron chi connectivity index (χ4n) is 5.76. The summed E-state index contributed by atoms with van der Waals surface area (Å²) < 4.78 is 5.43. The lowest BCUT2D eigenvalue weighted by Gasteiger charge is -2.43. The molecule has 1 spiro atoms. The Bertz CT molecular complexity index is 674. The van der Waals surface area contributed by atoms with E-state index in [1.54, 1.807) is 0 Å². The average molecular weight is 423 g/mol. The molecule has 1 saturated carbocycles. The zero-order chi connectivity index (χ0) is 22.1. The maximum Gasteiger partial charge on any atom is 0.325 e. The van der Waals surface area contributed by atoms with Crippen LogP contribution in [-0.2, 0) is 14.3 Å². The van der Waals surface area contributed by atoms with Crippen LogP contribution in [0.2, 0.25) is 0 Å².